The fourth-order valence-corrected chi connectivity index (χ4v) is 0.739. The monoisotopic (exact) mass is 152 g/mol. The molecule has 1 aromatic rings. The third kappa shape index (κ3) is 1.75. The fraction of sp³-hybridized carbons (Fsp3) is 0.143. The van der Waals surface area contributed by atoms with Gasteiger partial charge in [-0.2, -0.15) is 0 Å². The molecular formula is C7H6NO3. The van der Waals surface area contributed by atoms with E-state index in [1.165, 1.54) is 12.1 Å². The topological polar surface area (TPSA) is 63.0 Å². The molecule has 1 rings (SSSR count). The molecule has 0 heterocycles. The van der Waals surface area contributed by atoms with Crippen molar-refractivity contribution in [2.75, 3.05) is 0 Å². The summed E-state index contributed by atoms with van der Waals surface area (Å²) < 4.78 is 0. The van der Waals surface area contributed by atoms with Gasteiger partial charge in [0, 0.05) is 0 Å². The van der Waals surface area contributed by atoms with Crippen molar-refractivity contribution >= 4 is 0 Å². The molecule has 4 nitrogen and oxygen atoms in total. The zero-order chi connectivity index (χ0) is 8.27. The van der Waals surface area contributed by atoms with Crippen molar-refractivity contribution in [1.82, 2.24) is 0 Å². The van der Waals surface area contributed by atoms with Crippen LogP contribution in [0.5, 0.6) is 0 Å². The molecule has 4 heteroatoms. The van der Waals surface area contributed by atoms with Crippen molar-refractivity contribution < 1.29 is 10.0 Å². The third-order valence-corrected chi connectivity index (χ3v) is 1.28. The third-order valence-electron chi connectivity index (χ3n) is 1.28. The summed E-state index contributed by atoms with van der Waals surface area (Å²) in [6.07, 6.45) is -1.85. The Morgan fingerprint density at radius 2 is 1.82 bits per heavy atom. The van der Waals surface area contributed by atoms with Crippen molar-refractivity contribution in [2.24, 2.45) is 0 Å². The minimum absolute atomic E-state index is 0.192. The zero-order valence-corrected chi connectivity index (χ0v) is 5.64. The van der Waals surface area contributed by atoms with Crippen molar-refractivity contribution in [2.45, 2.75) is 6.23 Å². The van der Waals surface area contributed by atoms with Crippen LogP contribution in [-0.2, 0) is 5.11 Å². The van der Waals surface area contributed by atoms with Crippen LogP contribution in [0.4, 0.5) is 0 Å². The summed E-state index contributed by atoms with van der Waals surface area (Å²) in [5, 5.41) is 20.7. The second kappa shape index (κ2) is 3.12. The summed E-state index contributed by atoms with van der Waals surface area (Å²) in [6, 6.07) is 7.80. The second-order valence-electron chi connectivity index (χ2n) is 2.05. The Labute approximate surface area is 63.2 Å². The highest BCUT2D eigenvalue weighted by molar-refractivity contribution is 5.15. The molecule has 0 aromatic heterocycles. The summed E-state index contributed by atoms with van der Waals surface area (Å²) in [5.41, 5.74) is 0.192. The molecule has 1 unspecified atom stereocenters. The maximum Gasteiger partial charge on any atom is 0.368 e. The van der Waals surface area contributed by atoms with Gasteiger partial charge < -0.3 is 0 Å². The SMILES string of the molecule is [O]C(c1ccccc1)[N+](=O)[O-]. The highest BCUT2D eigenvalue weighted by atomic mass is 16.7. The fourth-order valence-electron chi connectivity index (χ4n) is 0.739. The lowest BCUT2D eigenvalue weighted by Gasteiger charge is -1.98. The van der Waals surface area contributed by atoms with Crippen LogP contribution in [-0.4, -0.2) is 4.92 Å². The van der Waals surface area contributed by atoms with E-state index in [1.807, 2.05) is 0 Å². The van der Waals surface area contributed by atoms with Crippen LogP contribution in [0.15, 0.2) is 30.3 Å². The Kier molecular flexibility index (Phi) is 2.18. The van der Waals surface area contributed by atoms with Crippen LogP contribution in [0.2, 0.25) is 0 Å². The first-order valence-corrected chi connectivity index (χ1v) is 3.06. The lowest BCUT2D eigenvalue weighted by molar-refractivity contribution is -0.589. The van der Waals surface area contributed by atoms with Crippen LogP contribution >= 0.6 is 0 Å². The molecule has 0 saturated carbocycles. The normalized spacial score (nSPS) is 12.5. The molecule has 1 aromatic carbocycles. The molecule has 0 amide bonds. The predicted octanol–water partition coefficient (Wildman–Crippen LogP) is 1.39. The standard InChI is InChI=1S/C7H6NO3/c9-7(8(10)11)6-4-2-1-3-5-6/h1-5,7H. The van der Waals surface area contributed by atoms with Crippen LogP contribution in [0.1, 0.15) is 11.8 Å². The summed E-state index contributed by atoms with van der Waals surface area (Å²) in [5.74, 6) is 0. The van der Waals surface area contributed by atoms with Crippen LogP contribution in [0.3, 0.4) is 0 Å². The maximum absolute atomic E-state index is 10.7. The molecular weight excluding hydrogens is 146 g/mol. The van der Waals surface area contributed by atoms with Gasteiger partial charge in [-0.3, -0.25) is 10.1 Å². The molecule has 0 saturated heterocycles. The maximum atomic E-state index is 10.7. The van der Waals surface area contributed by atoms with E-state index in [1.54, 1.807) is 18.2 Å². The Hall–Kier alpha value is -1.42. The highest BCUT2D eigenvalue weighted by Crippen LogP contribution is 2.12. The molecule has 0 spiro atoms. The van der Waals surface area contributed by atoms with Crippen LogP contribution < -0.4 is 0 Å². The van der Waals surface area contributed by atoms with E-state index in [0.717, 1.165) is 0 Å². The van der Waals surface area contributed by atoms with E-state index in [2.05, 4.69) is 0 Å². The molecule has 0 N–H and O–H groups in total. The molecule has 0 bridgehead atoms. The van der Waals surface area contributed by atoms with Gasteiger partial charge in [0.05, 0.1) is 10.5 Å². The van der Waals surface area contributed by atoms with E-state index >= 15 is 0 Å². The van der Waals surface area contributed by atoms with Crippen molar-refractivity contribution in [3.63, 3.8) is 0 Å². The van der Waals surface area contributed by atoms with Crippen LogP contribution in [0.25, 0.3) is 0 Å². The summed E-state index contributed by atoms with van der Waals surface area (Å²) in [6.45, 7) is 0. The van der Waals surface area contributed by atoms with E-state index in [-0.39, 0.29) is 5.56 Å². The van der Waals surface area contributed by atoms with E-state index in [0.29, 0.717) is 0 Å². The molecule has 0 fully saturated rings. The molecule has 0 aliphatic carbocycles. The predicted molar refractivity (Wildman–Crippen MR) is 36.9 cm³/mol. The largest absolute Gasteiger partial charge is 0.368 e. The quantitative estimate of drug-likeness (QED) is 0.365. The van der Waals surface area contributed by atoms with Crippen molar-refractivity contribution in [3.8, 4) is 0 Å². The van der Waals surface area contributed by atoms with Gasteiger partial charge in [0.2, 0.25) is 0 Å². The molecule has 0 aliphatic rings. The van der Waals surface area contributed by atoms with Gasteiger partial charge in [0.1, 0.15) is 0 Å². The number of rotatable bonds is 2. The minimum Gasteiger partial charge on any atom is -0.261 e. The summed E-state index contributed by atoms with van der Waals surface area (Å²) >= 11 is 0. The molecule has 57 valence electrons. The lowest BCUT2D eigenvalue weighted by Crippen LogP contribution is -2.06. The molecule has 0 aliphatic heterocycles. The summed E-state index contributed by atoms with van der Waals surface area (Å²) in [4.78, 5) is 9.14. The van der Waals surface area contributed by atoms with Gasteiger partial charge in [-0.1, -0.05) is 18.2 Å². The first-order valence-electron chi connectivity index (χ1n) is 3.06. The molecule has 1 radical (unpaired) electrons. The van der Waals surface area contributed by atoms with Gasteiger partial charge in [-0.15, -0.1) is 5.11 Å². The average molecular weight is 152 g/mol. The summed E-state index contributed by atoms with van der Waals surface area (Å²) in [7, 11) is 0. The smallest absolute Gasteiger partial charge is 0.261 e. The van der Waals surface area contributed by atoms with E-state index in [4.69, 9.17) is 0 Å². The van der Waals surface area contributed by atoms with Crippen molar-refractivity contribution in [1.29, 1.82) is 0 Å². The Bertz CT molecular complexity index is 247. The van der Waals surface area contributed by atoms with E-state index < -0.39 is 11.2 Å². The van der Waals surface area contributed by atoms with E-state index in [9.17, 15) is 15.2 Å². The van der Waals surface area contributed by atoms with Gasteiger partial charge in [-0.05, 0) is 12.1 Å². The molecule has 11 heavy (non-hydrogen) atoms. The van der Waals surface area contributed by atoms with Crippen molar-refractivity contribution in [3.05, 3.63) is 46.0 Å². The minimum atomic E-state index is -1.85. The molecule has 1 atom stereocenters. The number of hydrogen-bond donors (Lipinski definition) is 0. The number of hydrogen-bond acceptors (Lipinski definition) is 2. The Balaban J connectivity index is 2.85. The number of nitrogens with zero attached hydrogens (tertiary/aromatic N) is 1. The van der Waals surface area contributed by atoms with Crippen LogP contribution in [0, 0.1) is 10.1 Å². The number of benzene rings is 1. The van der Waals surface area contributed by atoms with Gasteiger partial charge in [-0.25, -0.2) is 0 Å². The first kappa shape index (κ1) is 7.68. The van der Waals surface area contributed by atoms with Gasteiger partial charge >= 0.3 is 6.23 Å². The highest BCUT2D eigenvalue weighted by Gasteiger charge is 2.18. The zero-order valence-electron chi connectivity index (χ0n) is 5.64. The first-order chi connectivity index (χ1) is 5.22. The Morgan fingerprint density at radius 3 is 2.27 bits per heavy atom. The Morgan fingerprint density at radius 1 is 1.27 bits per heavy atom. The number of nitro groups is 1. The second-order valence-corrected chi connectivity index (χ2v) is 2.05. The van der Waals surface area contributed by atoms with Gasteiger partial charge in [0.25, 0.3) is 0 Å². The average Bonchev–Trinajstić information content (AvgIpc) is 2.05. The lowest BCUT2D eigenvalue weighted by atomic mass is 10.2. The van der Waals surface area contributed by atoms with Gasteiger partial charge in [0.15, 0.2) is 0 Å².